The molecule has 3 rings (SSSR count). The number of nitrogens with one attached hydrogen (secondary N) is 2. The average Bonchev–Trinajstić information content (AvgIpc) is 3.05. The molecule has 1 aromatic carbocycles. The molecule has 1 aromatic rings. The van der Waals surface area contributed by atoms with Gasteiger partial charge in [-0.2, -0.15) is 0 Å². The van der Waals surface area contributed by atoms with E-state index < -0.39 is 5.82 Å². The Balaban J connectivity index is 1.44. The van der Waals surface area contributed by atoms with Gasteiger partial charge in [-0.15, -0.1) is 0 Å². The summed E-state index contributed by atoms with van der Waals surface area (Å²) in [6.07, 6.45) is 1.22. The number of piperazine rings is 1. The predicted octanol–water partition coefficient (Wildman–Crippen LogP) is 0.744. The third-order valence-corrected chi connectivity index (χ3v) is 4.47. The van der Waals surface area contributed by atoms with E-state index in [1.54, 1.807) is 18.2 Å². The maximum Gasteiger partial charge on any atom is 0.238 e. The van der Waals surface area contributed by atoms with Crippen molar-refractivity contribution in [1.29, 1.82) is 0 Å². The van der Waals surface area contributed by atoms with Crippen molar-refractivity contribution in [2.24, 2.45) is 0 Å². The van der Waals surface area contributed by atoms with Crippen LogP contribution in [0.25, 0.3) is 0 Å². The summed E-state index contributed by atoms with van der Waals surface area (Å²) in [5.74, 6) is -0.546. The highest BCUT2D eigenvalue weighted by Crippen LogP contribution is 2.14. The first kappa shape index (κ1) is 15.4. The SMILES string of the molecule is O=C(CN1CCN(C2CCNC2)CC1)Nc1ccccc1F. The minimum atomic E-state index is -0.394. The van der Waals surface area contributed by atoms with E-state index in [4.69, 9.17) is 0 Å². The maximum atomic E-state index is 13.5. The van der Waals surface area contributed by atoms with Gasteiger partial charge in [-0.05, 0) is 25.1 Å². The Kier molecular flexibility index (Phi) is 5.02. The standard InChI is InChI=1S/C16H23FN4O/c17-14-3-1-2-4-15(14)19-16(22)12-20-7-9-21(10-8-20)13-5-6-18-11-13/h1-4,13,18H,5-12H2,(H,19,22). The number of para-hydroxylation sites is 1. The van der Waals surface area contributed by atoms with Crippen LogP contribution in [0.4, 0.5) is 10.1 Å². The molecular formula is C16H23FN4O. The number of hydrogen-bond donors (Lipinski definition) is 2. The number of carbonyl (C=O) groups is 1. The third-order valence-electron chi connectivity index (χ3n) is 4.47. The molecule has 2 heterocycles. The monoisotopic (exact) mass is 306 g/mol. The number of halogens is 1. The highest BCUT2D eigenvalue weighted by molar-refractivity contribution is 5.92. The van der Waals surface area contributed by atoms with Crippen LogP contribution in [0.15, 0.2) is 24.3 Å². The van der Waals surface area contributed by atoms with Crippen LogP contribution in [0.2, 0.25) is 0 Å². The van der Waals surface area contributed by atoms with Gasteiger partial charge in [-0.25, -0.2) is 4.39 Å². The summed E-state index contributed by atoms with van der Waals surface area (Å²) < 4.78 is 13.5. The van der Waals surface area contributed by atoms with E-state index in [-0.39, 0.29) is 11.6 Å². The largest absolute Gasteiger partial charge is 0.322 e. The van der Waals surface area contributed by atoms with Gasteiger partial charge < -0.3 is 10.6 Å². The summed E-state index contributed by atoms with van der Waals surface area (Å²) in [5.41, 5.74) is 0.253. The molecule has 120 valence electrons. The first-order chi connectivity index (χ1) is 10.7. The lowest BCUT2D eigenvalue weighted by Crippen LogP contribution is -2.52. The average molecular weight is 306 g/mol. The van der Waals surface area contributed by atoms with Gasteiger partial charge in [0.1, 0.15) is 5.82 Å². The number of amides is 1. The number of hydrogen-bond acceptors (Lipinski definition) is 4. The van der Waals surface area contributed by atoms with Crippen molar-refractivity contribution in [2.45, 2.75) is 12.5 Å². The highest BCUT2D eigenvalue weighted by atomic mass is 19.1. The van der Waals surface area contributed by atoms with Crippen molar-refractivity contribution in [2.75, 3.05) is 51.1 Å². The van der Waals surface area contributed by atoms with Gasteiger partial charge in [-0.1, -0.05) is 12.1 Å². The van der Waals surface area contributed by atoms with Gasteiger partial charge in [0.25, 0.3) is 0 Å². The van der Waals surface area contributed by atoms with Crippen molar-refractivity contribution in [1.82, 2.24) is 15.1 Å². The van der Waals surface area contributed by atoms with Gasteiger partial charge in [-0.3, -0.25) is 14.6 Å². The van der Waals surface area contributed by atoms with Crippen LogP contribution in [0.1, 0.15) is 6.42 Å². The van der Waals surface area contributed by atoms with E-state index in [2.05, 4.69) is 20.4 Å². The second-order valence-corrected chi connectivity index (χ2v) is 5.99. The molecule has 6 heteroatoms. The van der Waals surface area contributed by atoms with Crippen LogP contribution in [0.3, 0.4) is 0 Å². The lowest BCUT2D eigenvalue weighted by atomic mass is 10.2. The van der Waals surface area contributed by atoms with Gasteiger partial charge in [0.05, 0.1) is 12.2 Å². The van der Waals surface area contributed by atoms with Crippen molar-refractivity contribution in [3.63, 3.8) is 0 Å². The third kappa shape index (κ3) is 3.82. The van der Waals surface area contributed by atoms with Gasteiger partial charge >= 0.3 is 0 Å². The Bertz CT molecular complexity index is 511. The second kappa shape index (κ2) is 7.17. The fraction of sp³-hybridized carbons (Fsp3) is 0.562. The molecule has 0 saturated carbocycles. The molecule has 1 amide bonds. The van der Waals surface area contributed by atoms with Crippen molar-refractivity contribution < 1.29 is 9.18 Å². The normalized spacial score (nSPS) is 23.6. The molecule has 1 atom stereocenters. The molecule has 22 heavy (non-hydrogen) atoms. The fourth-order valence-corrected chi connectivity index (χ4v) is 3.19. The van der Waals surface area contributed by atoms with Gasteiger partial charge in [0.2, 0.25) is 5.91 Å². The molecule has 0 radical (unpaired) electrons. The number of anilines is 1. The van der Waals surface area contributed by atoms with E-state index in [0.29, 0.717) is 12.6 Å². The Labute approximate surface area is 130 Å². The molecule has 2 aliphatic rings. The summed E-state index contributed by atoms with van der Waals surface area (Å²) in [4.78, 5) is 16.7. The van der Waals surface area contributed by atoms with E-state index in [1.807, 2.05) is 0 Å². The number of rotatable bonds is 4. The minimum absolute atomic E-state index is 0.152. The zero-order valence-corrected chi connectivity index (χ0v) is 12.7. The predicted molar refractivity (Wildman–Crippen MR) is 84.3 cm³/mol. The Morgan fingerprint density at radius 3 is 2.73 bits per heavy atom. The van der Waals surface area contributed by atoms with Crippen LogP contribution in [0, 0.1) is 5.82 Å². The molecule has 0 aromatic heterocycles. The van der Waals surface area contributed by atoms with E-state index in [9.17, 15) is 9.18 Å². The molecule has 0 spiro atoms. The van der Waals surface area contributed by atoms with Gasteiger partial charge in [0.15, 0.2) is 0 Å². The Morgan fingerprint density at radius 1 is 1.27 bits per heavy atom. The number of benzene rings is 1. The molecule has 0 aliphatic carbocycles. The van der Waals surface area contributed by atoms with E-state index >= 15 is 0 Å². The van der Waals surface area contributed by atoms with Crippen LogP contribution >= 0.6 is 0 Å². The maximum absolute atomic E-state index is 13.5. The van der Waals surface area contributed by atoms with Crippen molar-refractivity contribution in [3.05, 3.63) is 30.1 Å². The van der Waals surface area contributed by atoms with E-state index in [0.717, 1.165) is 39.3 Å². The van der Waals surface area contributed by atoms with Crippen molar-refractivity contribution >= 4 is 11.6 Å². The Hall–Kier alpha value is -1.50. The minimum Gasteiger partial charge on any atom is -0.322 e. The topological polar surface area (TPSA) is 47.6 Å². The van der Waals surface area contributed by atoms with Gasteiger partial charge in [0, 0.05) is 38.8 Å². The lowest BCUT2D eigenvalue weighted by molar-refractivity contribution is -0.117. The zero-order chi connectivity index (χ0) is 15.4. The molecule has 2 fully saturated rings. The smallest absolute Gasteiger partial charge is 0.238 e. The summed E-state index contributed by atoms with van der Waals surface area (Å²) in [7, 11) is 0. The molecule has 2 aliphatic heterocycles. The molecule has 0 bridgehead atoms. The zero-order valence-electron chi connectivity index (χ0n) is 12.7. The molecule has 5 nitrogen and oxygen atoms in total. The number of carbonyl (C=O) groups excluding carboxylic acids is 1. The van der Waals surface area contributed by atoms with E-state index in [1.165, 1.54) is 12.5 Å². The lowest BCUT2D eigenvalue weighted by Gasteiger charge is -2.37. The Morgan fingerprint density at radius 2 is 2.05 bits per heavy atom. The fourth-order valence-electron chi connectivity index (χ4n) is 3.19. The van der Waals surface area contributed by atoms with Crippen LogP contribution in [-0.4, -0.2) is 67.6 Å². The summed E-state index contributed by atoms with van der Waals surface area (Å²) in [6.45, 7) is 6.29. The molecule has 1 unspecified atom stereocenters. The number of nitrogens with zero attached hydrogens (tertiary/aromatic N) is 2. The highest BCUT2D eigenvalue weighted by Gasteiger charge is 2.26. The first-order valence-electron chi connectivity index (χ1n) is 7.94. The summed E-state index contributed by atoms with van der Waals surface area (Å²) in [5, 5.41) is 6.04. The first-order valence-corrected chi connectivity index (χ1v) is 7.94. The summed E-state index contributed by atoms with van der Waals surface area (Å²) in [6, 6.07) is 6.91. The second-order valence-electron chi connectivity index (χ2n) is 5.99. The molecule has 2 saturated heterocycles. The molecular weight excluding hydrogens is 283 g/mol. The quantitative estimate of drug-likeness (QED) is 0.861. The van der Waals surface area contributed by atoms with Crippen molar-refractivity contribution in [3.8, 4) is 0 Å². The molecule has 2 N–H and O–H groups in total. The van der Waals surface area contributed by atoms with Crippen LogP contribution < -0.4 is 10.6 Å². The van der Waals surface area contributed by atoms with Crippen LogP contribution in [0.5, 0.6) is 0 Å². The van der Waals surface area contributed by atoms with Crippen LogP contribution in [-0.2, 0) is 4.79 Å². The summed E-state index contributed by atoms with van der Waals surface area (Å²) >= 11 is 0.